The minimum atomic E-state index is 0.0587. The maximum absolute atomic E-state index is 11.0. The van der Waals surface area contributed by atoms with E-state index in [1.54, 1.807) is 7.05 Å². The van der Waals surface area contributed by atoms with E-state index in [0.717, 1.165) is 13.1 Å². The van der Waals surface area contributed by atoms with Crippen LogP contribution in [-0.4, -0.2) is 50.6 Å². The van der Waals surface area contributed by atoms with Crippen LogP contribution in [0.4, 0.5) is 0 Å². The van der Waals surface area contributed by atoms with Gasteiger partial charge < -0.3 is 15.5 Å². The van der Waals surface area contributed by atoms with Crippen LogP contribution in [0.5, 0.6) is 0 Å². The lowest BCUT2D eigenvalue weighted by molar-refractivity contribution is -0.119. The van der Waals surface area contributed by atoms with Gasteiger partial charge in [0.05, 0.1) is 6.54 Å². The second kappa shape index (κ2) is 6.80. The summed E-state index contributed by atoms with van der Waals surface area (Å²) in [6.45, 7) is 7.24. The van der Waals surface area contributed by atoms with Crippen LogP contribution >= 0.6 is 0 Å². The molecule has 0 aromatic heterocycles. The van der Waals surface area contributed by atoms with E-state index in [-0.39, 0.29) is 5.91 Å². The fourth-order valence-electron chi connectivity index (χ4n) is 1.99. The van der Waals surface area contributed by atoms with Crippen LogP contribution in [0.1, 0.15) is 19.8 Å². The first kappa shape index (κ1) is 12.5. The van der Waals surface area contributed by atoms with E-state index in [9.17, 15) is 4.79 Å². The number of nitrogens with zero attached hydrogens (tertiary/aromatic N) is 1. The lowest BCUT2D eigenvalue weighted by Crippen LogP contribution is -2.36. The molecule has 1 rings (SSSR count). The Morgan fingerprint density at radius 3 is 2.67 bits per heavy atom. The van der Waals surface area contributed by atoms with Crippen molar-refractivity contribution in [3.63, 3.8) is 0 Å². The molecule has 0 aromatic rings. The van der Waals surface area contributed by atoms with Gasteiger partial charge in [0.15, 0.2) is 0 Å². The molecule has 1 unspecified atom stereocenters. The summed E-state index contributed by atoms with van der Waals surface area (Å²) in [5, 5.41) is 5.77. The Morgan fingerprint density at radius 1 is 1.40 bits per heavy atom. The first-order valence-corrected chi connectivity index (χ1v) is 5.86. The van der Waals surface area contributed by atoms with Crippen LogP contribution in [-0.2, 0) is 4.79 Å². The Kier molecular flexibility index (Phi) is 5.65. The molecule has 1 amide bonds. The molecule has 88 valence electrons. The quantitative estimate of drug-likeness (QED) is 0.655. The minimum absolute atomic E-state index is 0.0587. The first-order chi connectivity index (χ1) is 7.22. The number of likely N-dealkylation sites (tertiary alicyclic amines) is 1. The molecule has 0 spiro atoms. The topological polar surface area (TPSA) is 44.4 Å². The molecule has 0 aliphatic carbocycles. The van der Waals surface area contributed by atoms with Crippen molar-refractivity contribution in [2.24, 2.45) is 5.92 Å². The molecule has 0 aromatic carbocycles. The van der Waals surface area contributed by atoms with Gasteiger partial charge in [-0.15, -0.1) is 0 Å². The van der Waals surface area contributed by atoms with Crippen molar-refractivity contribution in [3.8, 4) is 0 Å². The average Bonchev–Trinajstić information content (AvgIpc) is 2.70. The van der Waals surface area contributed by atoms with Crippen molar-refractivity contribution >= 4 is 5.91 Å². The Bertz CT molecular complexity index is 190. The van der Waals surface area contributed by atoms with Crippen LogP contribution in [0.2, 0.25) is 0 Å². The highest BCUT2D eigenvalue weighted by Crippen LogP contribution is 2.09. The molecule has 0 bridgehead atoms. The number of carbonyl (C=O) groups excluding carboxylic acids is 1. The van der Waals surface area contributed by atoms with Gasteiger partial charge >= 0.3 is 0 Å². The zero-order valence-corrected chi connectivity index (χ0v) is 9.88. The highest BCUT2D eigenvalue weighted by Gasteiger charge is 2.14. The van der Waals surface area contributed by atoms with Crippen LogP contribution < -0.4 is 10.6 Å². The Balaban J connectivity index is 2.02. The molecule has 2 N–H and O–H groups in total. The number of amides is 1. The lowest BCUT2D eigenvalue weighted by Gasteiger charge is -2.20. The summed E-state index contributed by atoms with van der Waals surface area (Å²) in [5.41, 5.74) is 0. The molecule has 1 saturated heterocycles. The second-order valence-corrected chi connectivity index (χ2v) is 4.42. The third-order valence-corrected chi connectivity index (χ3v) is 2.83. The van der Waals surface area contributed by atoms with E-state index < -0.39 is 0 Å². The van der Waals surface area contributed by atoms with Crippen LogP contribution in [0.3, 0.4) is 0 Å². The number of likely N-dealkylation sites (N-methyl/N-ethyl adjacent to an activating group) is 1. The molecule has 1 aliphatic rings. The van der Waals surface area contributed by atoms with Crippen molar-refractivity contribution < 1.29 is 4.79 Å². The largest absolute Gasteiger partial charge is 0.358 e. The van der Waals surface area contributed by atoms with Gasteiger partial charge in [0.2, 0.25) is 5.91 Å². The van der Waals surface area contributed by atoms with E-state index in [4.69, 9.17) is 0 Å². The van der Waals surface area contributed by atoms with Crippen molar-refractivity contribution in [2.75, 3.05) is 39.8 Å². The van der Waals surface area contributed by atoms with Crippen molar-refractivity contribution in [1.82, 2.24) is 15.5 Å². The minimum Gasteiger partial charge on any atom is -0.358 e. The van der Waals surface area contributed by atoms with Gasteiger partial charge in [-0.1, -0.05) is 6.92 Å². The lowest BCUT2D eigenvalue weighted by atomic mass is 10.1. The SMILES string of the molecule is CNC(=O)CNCC(C)CN1CCCC1. The number of hydrogen-bond acceptors (Lipinski definition) is 3. The molecule has 4 nitrogen and oxygen atoms in total. The number of carbonyl (C=O) groups is 1. The smallest absolute Gasteiger partial charge is 0.233 e. The predicted octanol–water partition coefficient (Wildman–Crippen LogP) is 0.0539. The summed E-state index contributed by atoms with van der Waals surface area (Å²) in [6, 6.07) is 0. The second-order valence-electron chi connectivity index (χ2n) is 4.42. The van der Waals surface area contributed by atoms with E-state index in [0.29, 0.717) is 12.5 Å². The molecular weight excluding hydrogens is 190 g/mol. The predicted molar refractivity (Wildman–Crippen MR) is 61.8 cm³/mol. The summed E-state index contributed by atoms with van der Waals surface area (Å²) in [5.74, 6) is 0.677. The van der Waals surface area contributed by atoms with Gasteiger partial charge in [0, 0.05) is 13.6 Å². The molecule has 1 atom stereocenters. The summed E-state index contributed by atoms with van der Waals surface area (Å²) >= 11 is 0. The Labute approximate surface area is 92.4 Å². The monoisotopic (exact) mass is 213 g/mol. The average molecular weight is 213 g/mol. The first-order valence-electron chi connectivity index (χ1n) is 5.86. The van der Waals surface area contributed by atoms with Crippen molar-refractivity contribution in [2.45, 2.75) is 19.8 Å². The molecule has 1 heterocycles. The summed E-state index contributed by atoms with van der Waals surface area (Å²) in [6.07, 6.45) is 2.69. The van der Waals surface area contributed by atoms with Gasteiger partial charge in [-0.3, -0.25) is 4.79 Å². The standard InChI is InChI=1S/C11H23N3O/c1-10(7-13-8-11(15)12-2)9-14-5-3-4-6-14/h10,13H,3-9H2,1-2H3,(H,12,15). The Morgan fingerprint density at radius 2 is 2.07 bits per heavy atom. The molecule has 1 fully saturated rings. The highest BCUT2D eigenvalue weighted by atomic mass is 16.1. The highest BCUT2D eigenvalue weighted by molar-refractivity contribution is 5.77. The van der Waals surface area contributed by atoms with E-state index in [1.165, 1.54) is 25.9 Å². The Hall–Kier alpha value is -0.610. The number of nitrogens with one attached hydrogen (secondary N) is 2. The molecular formula is C11H23N3O. The summed E-state index contributed by atoms with van der Waals surface area (Å²) in [7, 11) is 1.66. The van der Waals surface area contributed by atoms with Crippen molar-refractivity contribution in [1.29, 1.82) is 0 Å². The maximum Gasteiger partial charge on any atom is 0.233 e. The summed E-state index contributed by atoms with van der Waals surface area (Å²) < 4.78 is 0. The van der Waals surface area contributed by atoms with Gasteiger partial charge in [-0.25, -0.2) is 0 Å². The molecule has 15 heavy (non-hydrogen) atoms. The molecule has 1 aliphatic heterocycles. The zero-order chi connectivity index (χ0) is 11.1. The molecule has 0 radical (unpaired) electrons. The van der Waals surface area contributed by atoms with E-state index in [2.05, 4.69) is 22.5 Å². The van der Waals surface area contributed by atoms with E-state index in [1.807, 2.05) is 0 Å². The maximum atomic E-state index is 11.0. The fourth-order valence-corrected chi connectivity index (χ4v) is 1.99. The number of hydrogen-bond donors (Lipinski definition) is 2. The third-order valence-electron chi connectivity index (χ3n) is 2.83. The third kappa shape index (κ3) is 5.14. The van der Waals surface area contributed by atoms with Gasteiger partial charge in [-0.05, 0) is 38.4 Å². The summed E-state index contributed by atoms with van der Waals surface area (Å²) in [4.78, 5) is 13.5. The van der Waals surface area contributed by atoms with Crippen LogP contribution in [0, 0.1) is 5.92 Å². The zero-order valence-electron chi connectivity index (χ0n) is 9.88. The van der Waals surface area contributed by atoms with E-state index >= 15 is 0 Å². The van der Waals surface area contributed by atoms with Gasteiger partial charge in [0.1, 0.15) is 0 Å². The fraction of sp³-hybridized carbons (Fsp3) is 0.909. The molecule has 4 heteroatoms. The molecule has 0 saturated carbocycles. The van der Waals surface area contributed by atoms with Gasteiger partial charge in [-0.2, -0.15) is 0 Å². The number of rotatable bonds is 6. The van der Waals surface area contributed by atoms with Crippen LogP contribution in [0.25, 0.3) is 0 Å². The van der Waals surface area contributed by atoms with Crippen LogP contribution in [0.15, 0.2) is 0 Å². The van der Waals surface area contributed by atoms with Crippen molar-refractivity contribution in [3.05, 3.63) is 0 Å². The normalized spacial score (nSPS) is 19.1. The van der Waals surface area contributed by atoms with Gasteiger partial charge in [0.25, 0.3) is 0 Å².